The van der Waals surface area contributed by atoms with Crippen molar-refractivity contribution in [3.63, 3.8) is 0 Å². The van der Waals surface area contributed by atoms with Crippen LogP contribution in [0, 0.1) is 11.8 Å². The van der Waals surface area contributed by atoms with E-state index in [1.807, 2.05) is 54.2 Å². The van der Waals surface area contributed by atoms with Crippen molar-refractivity contribution in [2.75, 3.05) is 20.7 Å². The lowest BCUT2D eigenvalue weighted by atomic mass is 9.96. The first kappa shape index (κ1) is 20.3. The number of carbonyl (C=O) groups excluding carboxylic acids is 2. The van der Waals surface area contributed by atoms with Crippen molar-refractivity contribution >= 4 is 44.6 Å². The monoisotopic (exact) mass is 419 g/mol. The van der Waals surface area contributed by atoms with Gasteiger partial charge in [-0.15, -0.1) is 4.91 Å². The van der Waals surface area contributed by atoms with E-state index in [0.29, 0.717) is 29.2 Å². The minimum absolute atomic E-state index is 0.306. The molecule has 31 heavy (non-hydrogen) atoms. The van der Waals surface area contributed by atoms with Gasteiger partial charge in [0.25, 0.3) is 0 Å². The number of fused-ring (bicyclic) bond motifs is 4. The number of carbonyl (C=O) groups is 2. The van der Waals surface area contributed by atoms with Crippen molar-refractivity contribution in [3.05, 3.63) is 58.8 Å². The van der Waals surface area contributed by atoms with Gasteiger partial charge >= 0.3 is 12.0 Å². The lowest BCUT2D eigenvalue weighted by Crippen LogP contribution is -2.35. The van der Waals surface area contributed by atoms with Crippen LogP contribution < -0.4 is 5.32 Å². The SMILES string of the molecule is COC(=O)c1c2ccn(CCNC(=O)N(C)N=O)cc2c(C)c2c1nc1ccccc12. The van der Waals surface area contributed by atoms with Crippen LogP contribution in [0.4, 0.5) is 4.79 Å². The van der Waals surface area contributed by atoms with E-state index in [2.05, 4.69) is 10.6 Å². The molecule has 4 aromatic rings. The quantitative estimate of drug-likeness (QED) is 0.301. The number of esters is 1. The van der Waals surface area contributed by atoms with Gasteiger partial charge in [0.2, 0.25) is 0 Å². The maximum absolute atomic E-state index is 12.7. The van der Waals surface area contributed by atoms with Crippen LogP contribution in [0.3, 0.4) is 0 Å². The van der Waals surface area contributed by atoms with Crippen molar-refractivity contribution in [1.29, 1.82) is 0 Å². The lowest BCUT2D eigenvalue weighted by Gasteiger charge is -2.14. The van der Waals surface area contributed by atoms with Crippen LogP contribution in [-0.2, 0) is 11.3 Å². The van der Waals surface area contributed by atoms with Crippen LogP contribution in [-0.4, -0.2) is 47.3 Å². The summed E-state index contributed by atoms with van der Waals surface area (Å²) in [6.07, 6.45) is 3.77. The standard InChI is InChI=1S/C22H21N5O4/c1-13-16-12-27(11-9-23-22(29)26(2)25-30)10-8-14(16)19(21(28)31-3)20-18(13)15-6-4-5-7-17(15)24-20/h4-8,10,12H,9,11H2,1-3H3,(H,23,29). The summed E-state index contributed by atoms with van der Waals surface area (Å²) >= 11 is 0. The van der Waals surface area contributed by atoms with Crippen LogP contribution >= 0.6 is 0 Å². The van der Waals surface area contributed by atoms with E-state index < -0.39 is 12.0 Å². The lowest BCUT2D eigenvalue weighted by molar-refractivity contribution is 0.0605. The average Bonchev–Trinajstić information content (AvgIpc) is 3.18. The topological polar surface area (TPSA) is 106 Å². The number of methoxy groups -OCH3 is 1. The van der Waals surface area contributed by atoms with Crippen molar-refractivity contribution < 1.29 is 14.3 Å². The molecule has 2 heterocycles. The molecule has 0 spiro atoms. The molecule has 9 nitrogen and oxygen atoms in total. The number of urea groups is 1. The van der Waals surface area contributed by atoms with E-state index >= 15 is 0 Å². The Morgan fingerprint density at radius 2 is 1.97 bits per heavy atom. The number of rotatable bonds is 5. The highest BCUT2D eigenvalue weighted by atomic mass is 16.5. The predicted octanol–water partition coefficient (Wildman–Crippen LogP) is 3.76. The molecule has 0 aliphatic heterocycles. The summed E-state index contributed by atoms with van der Waals surface area (Å²) < 4.78 is 6.98. The molecule has 2 aromatic heterocycles. The number of nitrogens with one attached hydrogen (secondary N) is 1. The minimum atomic E-state index is -0.573. The highest BCUT2D eigenvalue weighted by Crippen LogP contribution is 2.37. The van der Waals surface area contributed by atoms with Crippen molar-refractivity contribution in [2.24, 2.45) is 5.29 Å². The molecule has 0 saturated heterocycles. The van der Waals surface area contributed by atoms with Gasteiger partial charge in [0.1, 0.15) is 0 Å². The largest absolute Gasteiger partial charge is 0.465 e. The third kappa shape index (κ3) is 3.43. The average molecular weight is 419 g/mol. The Bertz CT molecular complexity index is 1340. The van der Waals surface area contributed by atoms with Gasteiger partial charge in [0, 0.05) is 54.1 Å². The number of aryl methyl sites for hydroxylation is 1. The van der Waals surface area contributed by atoms with E-state index in [0.717, 1.165) is 32.6 Å². The molecule has 0 saturated carbocycles. The fraction of sp³-hybridized carbons (Fsp3) is 0.227. The Morgan fingerprint density at radius 1 is 1.19 bits per heavy atom. The fourth-order valence-electron chi connectivity index (χ4n) is 3.86. The molecule has 0 aliphatic carbocycles. The van der Waals surface area contributed by atoms with E-state index in [9.17, 15) is 14.5 Å². The van der Waals surface area contributed by atoms with Gasteiger partial charge in [0.15, 0.2) is 0 Å². The molecule has 4 rings (SSSR count). The van der Waals surface area contributed by atoms with Crippen molar-refractivity contribution in [1.82, 2.24) is 19.9 Å². The first-order valence-corrected chi connectivity index (χ1v) is 9.70. The third-order valence-corrected chi connectivity index (χ3v) is 5.40. The summed E-state index contributed by atoms with van der Waals surface area (Å²) in [6.45, 7) is 2.79. The number of ether oxygens (including phenoxy) is 1. The molecule has 2 aromatic carbocycles. The smallest absolute Gasteiger partial charge is 0.340 e. The normalized spacial score (nSPS) is 11.1. The highest BCUT2D eigenvalue weighted by Gasteiger charge is 2.22. The van der Waals surface area contributed by atoms with E-state index in [4.69, 9.17) is 9.72 Å². The molecular weight excluding hydrogens is 398 g/mol. The molecule has 0 bridgehead atoms. The van der Waals surface area contributed by atoms with Gasteiger partial charge in [-0.25, -0.2) is 14.6 Å². The molecule has 9 heteroatoms. The first-order chi connectivity index (χ1) is 15.0. The fourth-order valence-corrected chi connectivity index (χ4v) is 3.86. The Balaban J connectivity index is 1.83. The van der Waals surface area contributed by atoms with Crippen LogP contribution in [0.15, 0.2) is 48.0 Å². The molecule has 0 aliphatic rings. The molecule has 0 radical (unpaired) electrons. The minimum Gasteiger partial charge on any atom is -0.465 e. The number of aromatic nitrogens is 2. The Kier molecular flexibility index (Phi) is 5.24. The zero-order valence-corrected chi connectivity index (χ0v) is 17.4. The predicted molar refractivity (Wildman–Crippen MR) is 118 cm³/mol. The Hall–Kier alpha value is -4.01. The molecule has 0 atom stereocenters. The maximum atomic E-state index is 12.7. The number of hydrogen-bond donors (Lipinski definition) is 1. The number of benzene rings is 2. The summed E-state index contributed by atoms with van der Waals surface area (Å²) in [5, 5.41) is 9.44. The zero-order chi connectivity index (χ0) is 22.1. The number of amides is 2. The van der Waals surface area contributed by atoms with Crippen molar-refractivity contribution in [2.45, 2.75) is 13.5 Å². The zero-order valence-electron chi connectivity index (χ0n) is 17.4. The van der Waals surface area contributed by atoms with Gasteiger partial charge in [-0.2, -0.15) is 5.01 Å². The molecular formula is C22H21N5O4. The van der Waals surface area contributed by atoms with E-state index in [-0.39, 0.29) is 0 Å². The molecule has 1 N–H and O–H groups in total. The summed E-state index contributed by atoms with van der Waals surface area (Å²) in [7, 11) is 2.65. The van der Waals surface area contributed by atoms with Crippen LogP contribution in [0.5, 0.6) is 0 Å². The van der Waals surface area contributed by atoms with Crippen LogP contribution in [0.1, 0.15) is 15.9 Å². The van der Waals surface area contributed by atoms with Crippen molar-refractivity contribution in [3.8, 4) is 0 Å². The number of para-hydroxylation sites is 1. The van der Waals surface area contributed by atoms with Gasteiger partial charge < -0.3 is 14.6 Å². The van der Waals surface area contributed by atoms with Crippen LogP contribution in [0.2, 0.25) is 0 Å². The summed E-state index contributed by atoms with van der Waals surface area (Å²) in [6, 6.07) is 9.07. The van der Waals surface area contributed by atoms with Gasteiger partial charge in [0.05, 0.1) is 29.0 Å². The Morgan fingerprint density at radius 3 is 2.71 bits per heavy atom. The second-order valence-corrected chi connectivity index (χ2v) is 7.19. The summed E-state index contributed by atoms with van der Waals surface area (Å²) in [5.41, 5.74) is 2.90. The van der Waals surface area contributed by atoms with E-state index in [1.165, 1.54) is 14.2 Å². The molecule has 0 fully saturated rings. The number of pyridine rings is 1. The second kappa shape index (κ2) is 8.02. The van der Waals surface area contributed by atoms with Crippen LogP contribution in [0.25, 0.3) is 32.6 Å². The number of nitrogens with zero attached hydrogens (tertiary/aromatic N) is 4. The second-order valence-electron chi connectivity index (χ2n) is 7.19. The first-order valence-electron chi connectivity index (χ1n) is 9.70. The summed E-state index contributed by atoms with van der Waals surface area (Å²) in [5.74, 6) is -0.438. The van der Waals surface area contributed by atoms with E-state index in [1.54, 1.807) is 0 Å². The van der Waals surface area contributed by atoms with Gasteiger partial charge in [-0.1, -0.05) is 18.2 Å². The number of hydrogen-bond acceptors (Lipinski definition) is 6. The summed E-state index contributed by atoms with van der Waals surface area (Å²) in [4.78, 5) is 39.5. The highest BCUT2D eigenvalue weighted by molar-refractivity contribution is 6.23. The van der Waals surface area contributed by atoms with Gasteiger partial charge in [-0.05, 0) is 24.6 Å². The third-order valence-electron chi connectivity index (χ3n) is 5.40. The molecule has 0 unspecified atom stereocenters. The Labute approximate surface area is 177 Å². The maximum Gasteiger partial charge on any atom is 0.340 e. The molecule has 2 amide bonds. The molecule has 158 valence electrons. The van der Waals surface area contributed by atoms with Gasteiger partial charge in [-0.3, -0.25) is 0 Å². The number of nitroso groups, excluding NO2 is 1.